The van der Waals surface area contributed by atoms with Gasteiger partial charge in [-0.3, -0.25) is 14.5 Å². The second-order valence-electron chi connectivity index (χ2n) is 6.22. The van der Waals surface area contributed by atoms with Crippen molar-refractivity contribution in [3.8, 4) is 5.75 Å². The summed E-state index contributed by atoms with van der Waals surface area (Å²) in [6.45, 7) is 3.39. The van der Waals surface area contributed by atoms with Crippen molar-refractivity contribution in [3.63, 3.8) is 0 Å². The number of carbonyl (C=O) groups is 3. The summed E-state index contributed by atoms with van der Waals surface area (Å²) in [7, 11) is 1.56. The van der Waals surface area contributed by atoms with Crippen molar-refractivity contribution in [2.24, 2.45) is 0 Å². The Hall–Kier alpha value is -2.67. The number of imide groups is 1. The Bertz CT molecular complexity index is 859. The Morgan fingerprint density at radius 2 is 1.88 bits per heavy atom. The molecule has 7 heteroatoms. The van der Waals surface area contributed by atoms with Gasteiger partial charge in [-0.25, -0.2) is 4.79 Å². The third kappa shape index (κ3) is 3.10. The summed E-state index contributed by atoms with van der Waals surface area (Å²) >= 11 is 1.39. The lowest BCUT2D eigenvalue weighted by atomic mass is 9.92. The Morgan fingerprint density at radius 3 is 2.46 bits per heavy atom. The number of amides is 3. The number of urea groups is 1. The van der Waals surface area contributed by atoms with Crippen LogP contribution in [0.3, 0.4) is 0 Å². The molecule has 0 radical (unpaired) electrons. The molecule has 1 aromatic carbocycles. The number of benzene rings is 1. The van der Waals surface area contributed by atoms with Crippen LogP contribution in [-0.2, 0) is 16.8 Å². The molecule has 136 valence electrons. The van der Waals surface area contributed by atoms with Crippen LogP contribution in [0.5, 0.6) is 5.75 Å². The smallest absolute Gasteiger partial charge is 0.325 e. The largest absolute Gasteiger partial charge is 0.497 e. The second kappa shape index (κ2) is 6.92. The molecule has 3 rings (SSSR count). The van der Waals surface area contributed by atoms with E-state index < -0.39 is 17.5 Å². The molecule has 26 heavy (non-hydrogen) atoms. The van der Waals surface area contributed by atoms with Crippen LogP contribution in [0, 0.1) is 0 Å². The molecule has 0 aliphatic carbocycles. The van der Waals surface area contributed by atoms with Crippen molar-refractivity contribution < 1.29 is 19.1 Å². The van der Waals surface area contributed by atoms with Gasteiger partial charge >= 0.3 is 6.03 Å². The molecule has 1 N–H and O–H groups in total. The lowest BCUT2D eigenvalue weighted by Crippen LogP contribution is -2.41. The number of nitrogens with zero attached hydrogens (tertiary/aromatic N) is 1. The molecule has 1 aliphatic heterocycles. The van der Waals surface area contributed by atoms with E-state index in [1.54, 1.807) is 44.4 Å². The molecule has 0 bridgehead atoms. The van der Waals surface area contributed by atoms with E-state index in [0.29, 0.717) is 16.2 Å². The zero-order valence-corrected chi connectivity index (χ0v) is 15.7. The van der Waals surface area contributed by atoms with Gasteiger partial charge in [-0.15, -0.1) is 11.3 Å². The Labute approximate surface area is 155 Å². The maximum atomic E-state index is 12.9. The minimum Gasteiger partial charge on any atom is -0.497 e. The number of rotatable bonds is 6. The summed E-state index contributed by atoms with van der Waals surface area (Å²) in [6.07, 6.45) is 0.844. The minimum absolute atomic E-state index is 0.239. The first kappa shape index (κ1) is 18.1. The Morgan fingerprint density at radius 1 is 1.19 bits per heavy atom. The summed E-state index contributed by atoms with van der Waals surface area (Å²) in [4.78, 5) is 40.3. The Kier molecular flexibility index (Phi) is 4.82. The van der Waals surface area contributed by atoms with Crippen molar-refractivity contribution >= 4 is 29.1 Å². The quantitative estimate of drug-likeness (QED) is 0.625. The van der Waals surface area contributed by atoms with Crippen LogP contribution in [0.25, 0.3) is 0 Å². The number of aryl methyl sites for hydroxylation is 1. The molecule has 1 atom stereocenters. The fourth-order valence-corrected chi connectivity index (χ4v) is 3.78. The van der Waals surface area contributed by atoms with Crippen LogP contribution >= 0.6 is 11.3 Å². The number of carbonyl (C=O) groups excluding carboxylic acids is 3. The SMILES string of the molecule is CCc1ccc(C(=O)CN2C(=O)N[C@@](C)(c3ccc(OC)cc3)C2=O)s1. The summed E-state index contributed by atoms with van der Waals surface area (Å²) < 4.78 is 5.12. The van der Waals surface area contributed by atoms with Crippen LogP contribution in [0.15, 0.2) is 36.4 Å². The lowest BCUT2D eigenvalue weighted by molar-refractivity contribution is -0.130. The van der Waals surface area contributed by atoms with Gasteiger partial charge in [0.2, 0.25) is 0 Å². The number of hydrogen-bond acceptors (Lipinski definition) is 5. The first-order chi connectivity index (χ1) is 12.4. The highest BCUT2D eigenvalue weighted by molar-refractivity contribution is 7.14. The highest BCUT2D eigenvalue weighted by Gasteiger charge is 2.49. The molecular formula is C19H20N2O4S. The molecular weight excluding hydrogens is 352 g/mol. The van der Waals surface area contributed by atoms with Crippen molar-refractivity contribution in [2.45, 2.75) is 25.8 Å². The molecule has 3 amide bonds. The monoisotopic (exact) mass is 372 g/mol. The minimum atomic E-state index is -1.20. The third-order valence-corrected chi connectivity index (χ3v) is 5.80. The molecule has 0 saturated carbocycles. The average molecular weight is 372 g/mol. The fourth-order valence-electron chi connectivity index (χ4n) is 2.90. The van der Waals surface area contributed by atoms with E-state index in [1.165, 1.54) is 11.3 Å². The normalized spacial score (nSPS) is 19.6. The van der Waals surface area contributed by atoms with Gasteiger partial charge in [0.15, 0.2) is 5.78 Å². The van der Waals surface area contributed by atoms with Gasteiger partial charge in [-0.05, 0) is 43.2 Å². The summed E-state index contributed by atoms with van der Waals surface area (Å²) in [6, 6.07) is 9.99. The standard InChI is InChI=1S/C19H20N2O4S/c1-4-14-9-10-16(26-14)15(22)11-21-17(23)19(2,20-18(21)24)12-5-7-13(25-3)8-6-12/h5-10H,4,11H2,1-3H3,(H,20,24)/t19-/m0/s1. The van der Waals surface area contributed by atoms with Gasteiger partial charge in [0.25, 0.3) is 5.91 Å². The summed E-state index contributed by atoms with van der Waals surface area (Å²) in [5.41, 5.74) is -0.566. The summed E-state index contributed by atoms with van der Waals surface area (Å²) in [5, 5.41) is 2.70. The molecule has 2 aromatic rings. The van der Waals surface area contributed by atoms with Crippen LogP contribution in [0.2, 0.25) is 0 Å². The van der Waals surface area contributed by atoms with Crippen LogP contribution < -0.4 is 10.1 Å². The van der Waals surface area contributed by atoms with Gasteiger partial charge in [0.1, 0.15) is 11.3 Å². The Balaban J connectivity index is 1.80. The molecule has 6 nitrogen and oxygen atoms in total. The van der Waals surface area contributed by atoms with E-state index in [9.17, 15) is 14.4 Å². The van der Waals surface area contributed by atoms with Gasteiger partial charge in [0.05, 0.1) is 18.5 Å². The average Bonchev–Trinajstić information content (AvgIpc) is 3.21. The first-order valence-electron chi connectivity index (χ1n) is 8.29. The van der Waals surface area contributed by atoms with Crippen molar-refractivity contribution in [1.29, 1.82) is 0 Å². The van der Waals surface area contributed by atoms with Crippen molar-refractivity contribution in [1.82, 2.24) is 10.2 Å². The van der Waals surface area contributed by atoms with Crippen LogP contribution in [-0.4, -0.2) is 36.3 Å². The van der Waals surface area contributed by atoms with E-state index in [1.807, 2.05) is 13.0 Å². The highest BCUT2D eigenvalue weighted by atomic mass is 32.1. The van der Waals surface area contributed by atoms with Gasteiger partial charge < -0.3 is 10.1 Å². The van der Waals surface area contributed by atoms with Gasteiger partial charge in [-0.2, -0.15) is 0 Å². The lowest BCUT2D eigenvalue weighted by Gasteiger charge is -2.22. The van der Waals surface area contributed by atoms with E-state index in [4.69, 9.17) is 4.74 Å². The van der Waals surface area contributed by atoms with Crippen molar-refractivity contribution in [3.05, 3.63) is 51.7 Å². The van der Waals surface area contributed by atoms with E-state index >= 15 is 0 Å². The fraction of sp³-hybridized carbons (Fsp3) is 0.316. The second-order valence-corrected chi connectivity index (χ2v) is 7.39. The first-order valence-corrected chi connectivity index (χ1v) is 9.11. The molecule has 1 aliphatic rings. The third-order valence-electron chi connectivity index (χ3n) is 4.53. The number of thiophene rings is 1. The number of ether oxygens (including phenoxy) is 1. The topological polar surface area (TPSA) is 75.7 Å². The molecule has 1 fully saturated rings. The number of ketones is 1. The van der Waals surface area contributed by atoms with Gasteiger partial charge in [-0.1, -0.05) is 19.1 Å². The zero-order chi connectivity index (χ0) is 18.9. The van der Waals surface area contributed by atoms with E-state index in [0.717, 1.165) is 16.2 Å². The number of Topliss-reactive ketones (excluding diaryl/α,β-unsaturated/α-hetero) is 1. The van der Waals surface area contributed by atoms with E-state index in [2.05, 4.69) is 5.32 Å². The predicted molar refractivity (Wildman–Crippen MR) is 98.6 cm³/mol. The molecule has 1 saturated heterocycles. The molecule has 2 heterocycles. The molecule has 0 unspecified atom stereocenters. The molecule has 0 spiro atoms. The van der Waals surface area contributed by atoms with Crippen molar-refractivity contribution in [2.75, 3.05) is 13.7 Å². The predicted octanol–water partition coefficient (Wildman–Crippen LogP) is 2.97. The number of hydrogen-bond donors (Lipinski definition) is 1. The maximum absolute atomic E-state index is 12.9. The summed E-state index contributed by atoms with van der Waals surface area (Å²) in [5.74, 6) is -0.0175. The highest BCUT2D eigenvalue weighted by Crippen LogP contribution is 2.30. The number of methoxy groups -OCH3 is 1. The number of nitrogens with one attached hydrogen (secondary N) is 1. The van der Waals surface area contributed by atoms with Gasteiger partial charge in [0, 0.05) is 4.88 Å². The van der Waals surface area contributed by atoms with E-state index in [-0.39, 0.29) is 12.3 Å². The molecule has 1 aromatic heterocycles. The van der Waals surface area contributed by atoms with Crippen LogP contribution in [0.1, 0.15) is 34.0 Å². The zero-order valence-electron chi connectivity index (χ0n) is 14.9. The van der Waals surface area contributed by atoms with Crippen LogP contribution in [0.4, 0.5) is 4.79 Å². The maximum Gasteiger partial charge on any atom is 0.325 e.